The first-order valence-electron chi connectivity index (χ1n) is 9.74. The standard InChI is InChI=1S/C26H26/c1-3-4-10-20-17-22-16-15-19(2)26(25(22)18-20)24-14-9-8-13-23(24)21-11-6-5-7-12-21/h5-9,11-16,18H,3-4,10,17H2,1-2H3. The summed E-state index contributed by atoms with van der Waals surface area (Å²) in [5.41, 5.74) is 11.2. The zero-order valence-electron chi connectivity index (χ0n) is 15.8. The molecule has 0 saturated heterocycles. The third-order valence-electron chi connectivity index (χ3n) is 5.44. The highest BCUT2D eigenvalue weighted by Gasteiger charge is 2.20. The monoisotopic (exact) mass is 338 g/mol. The van der Waals surface area contributed by atoms with Crippen molar-refractivity contribution in [2.75, 3.05) is 0 Å². The molecule has 0 amide bonds. The first kappa shape index (κ1) is 16.8. The van der Waals surface area contributed by atoms with E-state index in [1.54, 1.807) is 5.57 Å². The van der Waals surface area contributed by atoms with Gasteiger partial charge in [0.15, 0.2) is 0 Å². The third kappa shape index (κ3) is 3.12. The molecular weight excluding hydrogens is 312 g/mol. The first-order chi connectivity index (χ1) is 12.8. The van der Waals surface area contributed by atoms with Gasteiger partial charge in [-0.1, -0.05) is 91.7 Å². The van der Waals surface area contributed by atoms with Gasteiger partial charge in [0.05, 0.1) is 0 Å². The lowest BCUT2D eigenvalue weighted by atomic mass is 9.88. The highest BCUT2D eigenvalue weighted by molar-refractivity contribution is 5.91. The van der Waals surface area contributed by atoms with Crippen molar-refractivity contribution in [1.29, 1.82) is 0 Å². The smallest absolute Gasteiger partial charge is 0.00576 e. The number of unbranched alkanes of at least 4 members (excludes halogenated alkanes) is 1. The van der Waals surface area contributed by atoms with E-state index in [0.717, 1.165) is 6.42 Å². The van der Waals surface area contributed by atoms with Gasteiger partial charge in [-0.3, -0.25) is 0 Å². The Bertz CT molecular complexity index is 945. The molecule has 0 N–H and O–H groups in total. The summed E-state index contributed by atoms with van der Waals surface area (Å²) in [6.45, 7) is 4.52. The molecule has 26 heavy (non-hydrogen) atoms. The van der Waals surface area contributed by atoms with Crippen molar-refractivity contribution in [1.82, 2.24) is 0 Å². The van der Waals surface area contributed by atoms with Crippen molar-refractivity contribution in [3.63, 3.8) is 0 Å². The SMILES string of the molecule is CCCCC1=Cc2c(ccc(C)c2-c2ccccc2-c2ccccc2)C1. The normalized spacial score (nSPS) is 12.8. The van der Waals surface area contributed by atoms with Gasteiger partial charge in [-0.05, 0) is 65.1 Å². The predicted octanol–water partition coefficient (Wildman–Crippen LogP) is 7.46. The van der Waals surface area contributed by atoms with E-state index in [-0.39, 0.29) is 0 Å². The minimum Gasteiger partial charge on any atom is -0.0654 e. The molecule has 0 heteroatoms. The maximum Gasteiger partial charge on any atom is -0.00576 e. The third-order valence-corrected chi connectivity index (χ3v) is 5.44. The zero-order chi connectivity index (χ0) is 17.9. The van der Waals surface area contributed by atoms with E-state index in [0.29, 0.717) is 0 Å². The Morgan fingerprint density at radius 1 is 0.808 bits per heavy atom. The van der Waals surface area contributed by atoms with Crippen molar-refractivity contribution in [2.24, 2.45) is 0 Å². The van der Waals surface area contributed by atoms with Crippen molar-refractivity contribution < 1.29 is 0 Å². The van der Waals surface area contributed by atoms with Crippen LogP contribution >= 0.6 is 0 Å². The maximum atomic E-state index is 2.47. The van der Waals surface area contributed by atoms with Crippen LogP contribution < -0.4 is 0 Å². The van der Waals surface area contributed by atoms with E-state index in [4.69, 9.17) is 0 Å². The van der Waals surface area contributed by atoms with E-state index in [2.05, 4.69) is 86.7 Å². The summed E-state index contributed by atoms with van der Waals surface area (Å²) >= 11 is 0. The lowest BCUT2D eigenvalue weighted by molar-refractivity contribution is 0.779. The van der Waals surface area contributed by atoms with Crippen LogP contribution in [0.1, 0.15) is 42.9 Å². The van der Waals surface area contributed by atoms with Crippen molar-refractivity contribution >= 4 is 6.08 Å². The minimum absolute atomic E-state index is 1.12. The van der Waals surface area contributed by atoms with Crippen molar-refractivity contribution in [3.05, 3.63) is 89.0 Å². The average Bonchev–Trinajstić information content (AvgIpc) is 3.10. The molecular formula is C26H26. The largest absolute Gasteiger partial charge is 0.0654 e. The molecule has 1 aliphatic carbocycles. The molecule has 1 aliphatic rings. The van der Waals surface area contributed by atoms with Crippen molar-refractivity contribution in [3.8, 4) is 22.3 Å². The fraction of sp³-hybridized carbons (Fsp3) is 0.231. The average molecular weight is 338 g/mol. The van der Waals surface area contributed by atoms with E-state index in [1.807, 2.05) is 0 Å². The molecule has 0 saturated carbocycles. The van der Waals surface area contributed by atoms with E-state index < -0.39 is 0 Å². The molecule has 0 atom stereocenters. The lowest BCUT2D eigenvalue weighted by Gasteiger charge is -2.16. The van der Waals surface area contributed by atoms with Crippen LogP contribution in [-0.4, -0.2) is 0 Å². The van der Waals surface area contributed by atoms with E-state index in [1.165, 1.54) is 58.2 Å². The number of hydrogen-bond acceptors (Lipinski definition) is 0. The summed E-state index contributed by atoms with van der Waals surface area (Å²) in [7, 11) is 0. The molecule has 130 valence electrons. The van der Waals surface area contributed by atoms with Crippen LogP contribution in [0, 0.1) is 6.92 Å². The Balaban J connectivity index is 1.87. The topological polar surface area (TPSA) is 0 Å². The second-order valence-electron chi connectivity index (χ2n) is 7.32. The number of hydrogen-bond donors (Lipinski definition) is 0. The van der Waals surface area contributed by atoms with Gasteiger partial charge >= 0.3 is 0 Å². The Kier molecular flexibility index (Phi) is 4.75. The lowest BCUT2D eigenvalue weighted by Crippen LogP contribution is -1.93. The van der Waals surface area contributed by atoms with Crippen LogP contribution in [0.5, 0.6) is 0 Å². The molecule has 0 unspecified atom stereocenters. The molecule has 3 aromatic rings. The van der Waals surface area contributed by atoms with Gasteiger partial charge < -0.3 is 0 Å². The Labute approximate surface area is 157 Å². The predicted molar refractivity (Wildman–Crippen MR) is 113 cm³/mol. The summed E-state index contributed by atoms with van der Waals surface area (Å²) in [5, 5.41) is 0. The summed E-state index contributed by atoms with van der Waals surface area (Å²) in [6.07, 6.45) is 7.36. The van der Waals surface area contributed by atoms with Crippen LogP contribution in [0.4, 0.5) is 0 Å². The molecule has 0 fully saturated rings. The summed E-state index contributed by atoms with van der Waals surface area (Å²) in [6, 6.07) is 24.2. The molecule has 0 aromatic heterocycles. The molecule has 0 aliphatic heterocycles. The molecule has 3 aromatic carbocycles. The fourth-order valence-corrected chi connectivity index (χ4v) is 4.08. The van der Waals surface area contributed by atoms with Crippen LogP contribution in [0.2, 0.25) is 0 Å². The fourth-order valence-electron chi connectivity index (χ4n) is 4.08. The van der Waals surface area contributed by atoms with Gasteiger partial charge in [0.2, 0.25) is 0 Å². The Hall–Kier alpha value is -2.60. The Morgan fingerprint density at radius 3 is 2.31 bits per heavy atom. The molecule has 0 nitrogen and oxygen atoms in total. The van der Waals surface area contributed by atoms with Gasteiger partial charge in [0.25, 0.3) is 0 Å². The van der Waals surface area contributed by atoms with Crippen LogP contribution in [-0.2, 0) is 6.42 Å². The quantitative estimate of drug-likeness (QED) is 0.453. The number of allylic oxidation sites excluding steroid dienone is 1. The highest BCUT2D eigenvalue weighted by Crippen LogP contribution is 2.41. The molecule has 0 heterocycles. The van der Waals surface area contributed by atoms with Gasteiger partial charge in [-0.2, -0.15) is 0 Å². The summed E-state index contributed by atoms with van der Waals surface area (Å²) in [5.74, 6) is 0. The highest BCUT2D eigenvalue weighted by atomic mass is 14.2. The molecule has 4 rings (SSSR count). The molecule has 0 spiro atoms. The van der Waals surface area contributed by atoms with Gasteiger partial charge in [-0.25, -0.2) is 0 Å². The van der Waals surface area contributed by atoms with E-state index in [9.17, 15) is 0 Å². The number of benzene rings is 3. The molecule has 0 bridgehead atoms. The van der Waals surface area contributed by atoms with Crippen molar-refractivity contribution in [2.45, 2.75) is 39.5 Å². The van der Waals surface area contributed by atoms with Gasteiger partial charge in [-0.15, -0.1) is 0 Å². The second-order valence-corrected chi connectivity index (χ2v) is 7.32. The summed E-state index contributed by atoms with van der Waals surface area (Å²) < 4.78 is 0. The Morgan fingerprint density at radius 2 is 1.54 bits per heavy atom. The number of fused-ring (bicyclic) bond motifs is 1. The second kappa shape index (κ2) is 7.33. The molecule has 0 radical (unpaired) electrons. The zero-order valence-corrected chi connectivity index (χ0v) is 15.8. The van der Waals surface area contributed by atoms with Gasteiger partial charge in [0.1, 0.15) is 0 Å². The van der Waals surface area contributed by atoms with Gasteiger partial charge in [0, 0.05) is 0 Å². The number of aryl methyl sites for hydroxylation is 1. The summed E-state index contributed by atoms with van der Waals surface area (Å²) in [4.78, 5) is 0. The van der Waals surface area contributed by atoms with E-state index >= 15 is 0 Å². The first-order valence-corrected chi connectivity index (χ1v) is 9.74. The van der Waals surface area contributed by atoms with Crippen LogP contribution in [0.25, 0.3) is 28.3 Å². The maximum absolute atomic E-state index is 2.47. The van der Waals surface area contributed by atoms with Crippen LogP contribution in [0.15, 0.2) is 72.3 Å². The number of rotatable bonds is 5. The van der Waals surface area contributed by atoms with Crippen LogP contribution in [0.3, 0.4) is 0 Å². The minimum atomic E-state index is 1.12.